The van der Waals surface area contributed by atoms with E-state index in [1.54, 1.807) is 18.2 Å². The van der Waals surface area contributed by atoms with Crippen molar-refractivity contribution in [1.29, 1.82) is 0 Å². The van der Waals surface area contributed by atoms with E-state index in [1.165, 1.54) is 19.2 Å². The molecule has 136 valence electrons. The number of benzene rings is 2. The Kier molecular flexibility index (Phi) is 5.39. The Labute approximate surface area is 154 Å². The van der Waals surface area contributed by atoms with Gasteiger partial charge in [-0.25, -0.2) is 9.37 Å². The molecule has 0 radical (unpaired) electrons. The lowest BCUT2D eigenvalue weighted by Crippen LogP contribution is -2.25. The fourth-order valence-electron chi connectivity index (χ4n) is 2.57. The van der Waals surface area contributed by atoms with Crippen LogP contribution in [-0.2, 0) is 0 Å². The fraction of sp³-hybridized carbons (Fsp3) is 0.222. The first-order valence-electron chi connectivity index (χ1n) is 8.05. The molecule has 2 aromatic carbocycles. The molecular formula is C18H18ClFN4O2. The lowest BCUT2D eigenvalue weighted by atomic mass is 10.1. The number of H-pyrrole nitrogens is 1. The summed E-state index contributed by atoms with van der Waals surface area (Å²) in [6.07, 6.45) is 0.707. The molecule has 0 bridgehead atoms. The van der Waals surface area contributed by atoms with Gasteiger partial charge in [0, 0.05) is 18.2 Å². The van der Waals surface area contributed by atoms with E-state index in [0.29, 0.717) is 53.2 Å². The topological polar surface area (TPSA) is 93.0 Å². The average Bonchev–Trinajstić information content (AvgIpc) is 3.04. The average molecular weight is 377 g/mol. The zero-order valence-corrected chi connectivity index (χ0v) is 14.9. The summed E-state index contributed by atoms with van der Waals surface area (Å²) >= 11 is 5.80. The molecule has 0 aliphatic heterocycles. The van der Waals surface area contributed by atoms with Gasteiger partial charge >= 0.3 is 0 Å². The van der Waals surface area contributed by atoms with Crippen molar-refractivity contribution in [2.24, 2.45) is 5.73 Å². The Hall–Kier alpha value is -2.64. The molecule has 1 aromatic heterocycles. The Morgan fingerprint density at radius 3 is 2.92 bits per heavy atom. The van der Waals surface area contributed by atoms with Crippen LogP contribution in [0.2, 0.25) is 5.02 Å². The second kappa shape index (κ2) is 7.72. The number of nitrogens with one attached hydrogen (secondary N) is 2. The van der Waals surface area contributed by atoms with Crippen molar-refractivity contribution in [2.75, 3.05) is 20.2 Å². The van der Waals surface area contributed by atoms with Crippen LogP contribution >= 0.6 is 11.6 Å². The van der Waals surface area contributed by atoms with Crippen molar-refractivity contribution in [1.82, 2.24) is 15.3 Å². The summed E-state index contributed by atoms with van der Waals surface area (Å²) in [5, 5.41) is 2.80. The number of nitrogens with zero attached hydrogens (tertiary/aromatic N) is 1. The van der Waals surface area contributed by atoms with Gasteiger partial charge in [-0.3, -0.25) is 4.79 Å². The number of carbonyl (C=O) groups is 1. The van der Waals surface area contributed by atoms with Gasteiger partial charge in [-0.05, 0) is 37.2 Å². The number of halogens is 2. The highest BCUT2D eigenvalue weighted by molar-refractivity contribution is 6.31. The number of hydrogen-bond donors (Lipinski definition) is 3. The van der Waals surface area contributed by atoms with Crippen molar-refractivity contribution >= 4 is 28.5 Å². The van der Waals surface area contributed by atoms with Crippen LogP contribution in [0.3, 0.4) is 0 Å². The minimum atomic E-state index is -0.522. The molecule has 0 aliphatic rings. The largest absolute Gasteiger partial charge is 0.496 e. The van der Waals surface area contributed by atoms with Crippen LogP contribution in [0, 0.1) is 5.82 Å². The highest BCUT2D eigenvalue weighted by atomic mass is 35.5. The Morgan fingerprint density at radius 1 is 1.38 bits per heavy atom. The number of fused-ring (bicyclic) bond motifs is 1. The van der Waals surface area contributed by atoms with Gasteiger partial charge in [-0.1, -0.05) is 11.6 Å². The van der Waals surface area contributed by atoms with Crippen LogP contribution in [-0.4, -0.2) is 36.1 Å². The van der Waals surface area contributed by atoms with Gasteiger partial charge in [0.1, 0.15) is 17.4 Å². The third kappa shape index (κ3) is 3.63. The van der Waals surface area contributed by atoms with E-state index >= 15 is 0 Å². The van der Waals surface area contributed by atoms with Gasteiger partial charge in [0.15, 0.2) is 0 Å². The number of nitrogens with two attached hydrogens (primary N) is 1. The number of ether oxygens (including phenoxy) is 1. The first kappa shape index (κ1) is 18.2. The monoisotopic (exact) mass is 376 g/mol. The van der Waals surface area contributed by atoms with E-state index in [1.807, 2.05) is 0 Å². The van der Waals surface area contributed by atoms with E-state index in [-0.39, 0.29) is 10.9 Å². The molecule has 3 aromatic rings. The van der Waals surface area contributed by atoms with Gasteiger partial charge in [0.25, 0.3) is 5.91 Å². The molecule has 0 saturated heterocycles. The van der Waals surface area contributed by atoms with Crippen LogP contribution in [0.1, 0.15) is 16.8 Å². The second-order valence-electron chi connectivity index (χ2n) is 5.68. The van der Waals surface area contributed by atoms with Crippen LogP contribution in [0.25, 0.3) is 22.4 Å². The Balaban J connectivity index is 1.94. The smallest absolute Gasteiger partial charge is 0.251 e. The third-order valence-electron chi connectivity index (χ3n) is 3.91. The standard InChI is InChI=1S/C18H18ClFN4O2/c1-26-16-7-10(18(25)22-6-2-5-21)3-4-11(16)17-23-14-8-12(19)13(20)9-15(14)24-17/h3-4,7-9H,2,5-6,21H2,1H3,(H,22,25)(H,23,24). The maximum atomic E-state index is 13.6. The highest BCUT2D eigenvalue weighted by Gasteiger charge is 2.15. The Morgan fingerprint density at radius 2 is 2.19 bits per heavy atom. The number of imidazole rings is 1. The summed E-state index contributed by atoms with van der Waals surface area (Å²) in [7, 11) is 1.51. The number of hydrogen-bond acceptors (Lipinski definition) is 4. The molecule has 0 unspecified atom stereocenters. The quantitative estimate of drug-likeness (QED) is 0.576. The minimum absolute atomic E-state index is 0.00649. The number of methoxy groups -OCH3 is 1. The van der Waals surface area contributed by atoms with Crippen LogP contribution in [0.5, 0.6) is 5.75 Å². The van der Waals surface area contributed by atoms with Crippen LogP contribution in [0.4, 0.5) is 4.39 Å². The van der Waals surface area contributed by atoms with Crippen LogP contribution < -0.4 is 15.8 Å². The first-order valence-corrected chi connectivity index (χ1v) is 8.42. The summed E-state index contributed by atoms with van der Waals surface area (Å²) in [6.45, 7) is 1.02. The van der Waals surface area contributed by atoms with Crippen molar-refractivity contribution in [2.45, 2.75) is 6.42 Å². The van der Waals surface area contributed by atoms with Crippen LogP contribution in [0.15, 0.2) is 30.3 Å². The zero-order chi connectivity index (χ0) is 18.7. The van der Waals surface area contributed by atoms with E-state index < -0.39 is 5.82 Å². The fourth-order valence-corrected chi connectivity index (χ4v) is 2.72. The molecule has 0 spiro atoms. The predicted octanol–water partition coefficient (Wildman–Crippen LogP) is 3.11. The summed E-state index contributed by atoms with van der Waals surface area (Å²) in [5.74, 6) is 0.239. The number of aromatic amines is 1. The van der Waals surface area contributed by atoms with Gasteiger partial charge in [-0.15, -0.1) is 0 Å². The SMILES string of the molecule is COc1cc(C(=O)NCCCN)ccc1-c1nc2cc(Cl)c(F)cc2[nH]1. The van der Waals surface area contributed by atoms with E-state index in [0.717, 1.165) is 0 Å². The van der Waals surface area contributed by atoms with E-state index in [9.17, 15) is 9.18 Å². The molecule has 0 saturated carbocycles. The van der Waals surface area contributed by atoms with E-state index in [4.69, 9.17) is 22.1 Å². The number of carbonyl (C=O) groups excluding carboxylic acids is 1. The molecule has 26 heavy (non-hydrogen) atoms. The normalized spacial score (nSPS) is 10.9. The van der Waals surface area contributed by atoms with Crippen molar-refractivity contribution in [3.8, 4) is 17.1 Å². The molecule has 8 heteroatoms. The summed E-state index contributed by atoms with van der Waals surface area (Å²) in [4.78, 5) is 19.6. The van der Waals surface area contributed by atoms with Gasteiger partial charge in [-0.2, -0.15) is 0 Å². The van der Waals surface area contributed by atoms with Gasteiger partial charge < -0.3 is 20.8 Å². The number of aromatic nitrogens is 2. The Bertz CT molecular complexity index is 919. The highest BCUT2D eigenvalue weighted by Crippen LogP contribution is 2.31. The molecule has 1 amide bonds. The van der Waals surface area contributed by atoms with Crippen molar-refractivity contribution in [3.05, 3.63) is 46.7 Å². The zero-order valence-electron chi connectivity index (χ0n) is 14.1. The summed E-state index contributed by atoms with van der Waals surface area (Å²) in [6, 6.07) is 7.79. The summed E-state index contributed by atoms with van der Waals surface area (Å²) < 4.78 is 19.0. The van der Waals surface area contributed by atoms with Crippen molar-refractivity contribution in [3.63, 3.8) is 0 Å². The molecular weight excluding hydrogens is 359 g/mol. The molecule has 0 fully saturated rings. The van der Waals surface area contributed by atoms with Gasteiger partial charge in [0.2, 0.25) is 0 Å². The lowest BCUT2D eigenvalue weighted by Gasteiger charge is -2.09. The molecule has 0 aliphatic carbocycles. The minimum Gasteiger partial charge on any atom is -0.496 e. The molecule has 0 atom stereocenters. The number of rotatable bonds is 6. The molecule has 3 rings (SSSR count). The second-order valence-corrected chi connectivity index (χ2v) is 6.09. The predicted molar refractivity (Wildman–Crippen MR) is 99.1 cm³/mol. The maximum absolute atomic E-state index is 13.6. The van der Waals surface area contributed by atoms with Gasteiger partial charge in [0.05, 0.1) is 28.7 Å². The van der Waals surface area contributed by atoms with E-state index in [2.05, 4.69) is 15.3 Å². The third-order valence-corrected chi connectivity index (χ3v) is 4.20. The lowest BCUT2D eigenvalue weighted by molar-refractivity contribution is 0.0953. The van der Waals surface area contributed by atoms with Crippen molar-refractivity contribution < 1.29 is 13.9 Å². The molecule has 1 heterocycles. The summed E-state index contributed by atoms with van der Waals surface area (Å²) in [5.41, 5.74) is 7.60. The molecule has 6 nitrogen and oxygen atoms in total. The maximum Gasteiger partial charge on any atom is 0.251 e. The first-order chi connectivity index (χ1) is 12.5. The molecule has 4 N–H and O–H groups in total. The number of amides is 1.